The predicted molar refractivity (Wildman–Crippen MR) is 72.1 cm³/mol. The molecule has 17 heavy (non-hydrogen) atoms. The van der Waals surface area contributed by atoms with Crippen LogP contribution in [0.25, 0.3) is 0 Å². The van der Waals surface area contributed by atoms with E-state index in [1.165, 1.54) is 19.4 Å². The zero-order chi connectivity index (χ0) is 12.7. The molecule has 0 aliphatic carbocycles. The summed E-state index contributed by atoms with van der Waals surface area (Å²) in [6, 6.07) is 4.91. The summed E-state index contributed by atoms with van der Waals surface area (Å²) in [5.41, 5.74) is 0. The topological polar surface area (TPSA) is 28.4 Å². The van der Waals surface area contributed by atoms with Crippen LogP contribution in [-0.4, -0.2) is 31.1 Å². The molecule has 0 fully saturated rings. The molecule has 0 radical (unpaired) electrons. The molecule has 3 nitrogen and oxygen atoms in total. The Labute approximate surface area is 105 Å². The Morgan fingerprint density at radius 2 is 2.06 bits per heavy atom. The lowest BCUT2D eigenvalue weighted by Crippen LogP contribution is -2.28. The molecule has 98 valence electrons. The standard InChI is InChI=1S/C14H26N2O/c1-12(2)16(4)10-6-5-9-15-13(3)14-8-7-11-17-14/h7-8,11-13,15H,5-6,9-10H2,1-4H3. The molecule has 0 bridgehead atoms. The maximum atomic E-state index is 5.35. The van der Waals surface area contributed by atoms with Crippen molar-refractivity contribution in [3.8, 4) is 0 Å². The van der Waals surface area contributed by atoms with Crippen LogP contribution in [0.4, 0.5) is 0 Å². The minimum atomic E-state index is 0.313. The highest BCUT2D eigenvalue weighted by atomic mass is 16.3. The Morgan fingerprint density at radius 1 is 1.29 bits per heavy atom. The summed E-state index contributed by atoms with van der Waals surface area (Å²) in [5.74, 6) is 1.02. The van der Waals surface area contributed by atoms with Gasteiger partial charge in [0.25, 0.3) is 0 Å². The quantitative estimate of drug-likeness (QED) is 0.706. The van der Waals surface area contributed by atoms with E-state index < -0.39 is 0 Å². The second kappa shape index (κ2) is 7.51. The third-order valence-corrected chi connectivity index (χ3v) is 3.24. The maximum Gasteiger partial charge on any atom is 0.120 e. The molecule has 0 saturated heterocycles. The summed E-state index contributed by atoms with van der Waals surface area (Å²) in [5, 5.41) is 3.48. The molecule has 0 aromatic carbocycles. The number of unbranched alkanes of at least 4 members (excludes halogenated alkanes) is 1. The van der Waals surface area contributed by atoms with Gasteiger partial charge < -0.3 is 14.6 Å². The van der Waals surface area contributed by atoms with Gasteiger partial charge in [0.15, 0.2) is 0 Å². The van der Waals surface area contributed by atoms with Crippen LogP contribution in [0.5, 0.6) is 0 Å². The van der Waals surface area contributed by atoms with Gasteiger partial charge in [0.05, 0.1) is 12.3 Å². The lowest BCUT2D eigenvalue weighted by molar-refractivity contribution is 0.267. The van der Waals surface area contributed by atoms with Gasteiger partial charge in [0.2, 0.25) is 0 Å². The average molecular weight is 238 g/mol. The van der Waals surface area contributed by atoms with E-state index in [1.54, 1.807) is 6.26 Å². The first kappa shape index (κ1) is 14.3. The molecule has 0 amide bonds. The maximum absolute atomic E-state index is 5.35. The summed E-state index contributed by atoms with van der Waals surface area (Å²) in [6.45, 7) is 8.83. The minimum Gasteiger partial charge on any atom is -0.468 e. The van der Waals surface area contributed by atoms with Crippen LogP contribution in [0, 0.1) is 0 Å². The number of hydrogen-bond donors (Lipinski definition) is 1. The monoisotopic (exact) mass is 238 g/mol. The fourth-order valence-corrected chi connectivity index (χ4v) is 1.70. The molecule has 0 aliphatic rings. The average Bonchev–Trinajstić information content (AvgIpc) is 2.81. The van der Waals surface area contributed by atoms with Crippen LogP contribution in [0.2, 0.25) is 0 Å². The van der Waals surface area contributed by atoms with E-state index in [4.69, 9.17) is 4.42 Å². The van der Waals surface area contributed by atoms with Crippen LogP contribution >= 0.6 is 0 Å². The summed E-state index contributed by atoms with van der Waals surface area (Å²) in [7, 11) is 2.18. The number of nitrogens with zero attached hydrogens (tertiary/aromatic N) is 1. The molecule has 1 rings (SSSR count). The van der Waals surface area contributed by atoms with Gasteiger partial charge in [-0.2, -0.15) is 0 Å². The molecule has 1 atom stereocenters. The molecule has 0 aliphatic heterocycles. The van der Waals surface area contributed by atoms with Crippen LogP contribution in [-0.2, 0) is 0 Å². The van der Waals surface area contributed by atoms with Crippen molar-refractivity contribution in [3.63, 3.8) is 0 Å². The highest BCUT2D eigenvalue weighted by molar-refractivity contribution is 5.02. The van der Waals surface area contributed by atoms with E-state index in [9.17, 15) is 0 Å². The third-order valence-electron chi connectivity index (χ3n) is 3.24. The molecule has 3 heteroatoms. The number of nitrogens with one attached hydrogen (secondary N) is 1. The summed E-state index contributed by atoms with van der Waals surface area (Å²) < 4.78 is 5.35. The van der Waals surface area contributed by atoms with E-state index >= 15 is 0 Å². The molecule has 1 heterocycles. The Hall–Kier alpha value is -0.800. The molecule has 0 spiro atoms. The van der Waals surface area contributed by atoms with Gasteiger partial charge in [-0.15, -0.1) is 0 Å². The van der Waals surface area contributed by atoms with Gasteiger partial charge in [0.1, 0.15) is 5.76 Å². The van der Waals surface area contributed by atoms with Gasteiger partial charge in [-0.25, -0.2) is 0 Å². The Bertz CT molecular complexity index is 282. The number of furan rings is 1. The molecule has 1 unspecified atom stereocenters. The van der Waals surface area contributed by atoms with Gasteiger partial charge in [-0.3, -0.25) is 0 Å². The second-order valence-corrected chi connectivity index (χ2v) is 4.97. The second-order valence-electron chi connectivity index (χ2n) is 4.97. The van der Waals surface area contributed by atoms with E-state index in [0.717, 1.165) is 12.3 Å². The first-order valence-electron chi connectivity index (χ1n) is 6.58. The lowest BCUT2D eigenvalue weighted by Gasteiger charge is -2.20. The molecule has 1 N–H and O–H groups in total. The first-order chi connectivity index (χ1) is 8.11. The molecular formula is C14H26N2O. The summed E-state index contributed by atoms with van der Waals surface area (Å²) in [6.07, 6.45) is 4.18. The Kier molecular flexibility index (Phi) is 6.30. The number of hydrogen-bond acceptors (Lipinski definition) is 3. The lowest BCUT2D eigenvalue weighted by atomic mass is 10.2. The fraction of sp³-hybridized carbons (Fsp3) is 0.714. The third kappa shape index (κ3) is 5.37. The van der Waals surface area contributed by atoms with Gasteiger partial charge in [-0.05, 0) is 65.9 Å². The first-order valence-corrected chi connectivity index (χ1v) is 6.58. The van der Waals surface area contributed by atoms with Crippen LogP contribution in [0.1, 0.15) is 45.4 Å². The zero-order valence-corrected chi connectivity index (χ0v) is 11.6. The predicted octanol–water partition coefficient (Wildman–Crippen LogP) is 3.05. The Morgan fingerprint density at radius 3 is 2.65 bits per heavy atom. The van der Waals surface area contributed by atoms with E-state index in [1.807, 2.05) is 12.1 Å². The highest BCUT2D eigenvalue weighted by Gasteiger charge is 2.06. The number of rotatable bonds is 8. The highest BCUT2D eigenvalue weighted by Crippen LogP contribution is 2.11. The minimum absolute atomic E-state index is 0.313. The van der Waals surface area contributed by atoms with Crippen molar-refractivity contribution in [1.29, 1.82) is 0 Å². The smallest absolute Gasteiger partial charge is 0.120 e. The van der Waals surface area contributed by atoms with Gasteiger partial charge in [0, 0.05) is 6.04 Å². The van der Waals surface area contributed by atoms with Crippen LogP contribution in [0.15, 0.2) is 22.8 Å². The zero-order valence-electron chi connectivity index (χ0n) is 11.6. The van der Waals surface area contributed by atoms with E-state index in [0.29, 0.717) is 12.1 Å². The van der Waals surface area contributed by atoms with Crippen molar-refractivity contribution >= 4 is 0 Å². The molecule has 1 aromatic rings. The molecular weight excluding hydrogens is 212 g/mol. The molecule has 0 saturated carbocycles. The fourth-order valence-electron chi connectivity index (χ4n) is 1.70. The van der Waals surface area contributed by atoms with Crippen molar-refractivity contribution in [1.82, 2.24) is 10.2 Å². The van der Waals surface area contributed by atoms with Crippen LogP contribution < -0.4 is 5.32 Å². The van der Waals surface area contributed by atoms with E-state index in [-0.39, 0.29) is 0 Å². The summed E-state index contributed by atoms with van der Waals surface area (Å²) in [4.78, 5) is 2.38. The van der Waals surface area contributed by atoms with Crippen molar-refractivity contribution < 1.29 is 4.42 Å². The normalized spacial score (nSPS) is 13.5. The van der Waals surface area contributed by atoms with Crippen molar-refractivity contribution in [3.05, 3.63) is 24.2 Å². The van der Waals surface area contributed by atoms with Crippen molar-refractivity contribution in [2.45, 2.75) is 45.7 Å². The molecule has 1 aromatic heterocycles. The summed E-state index contributed by atoms with van der Waals surface area (Å²) >= 11 is 0. The van der Waals surface area contributed by atoms with E-state index in [2.05, 4.69) is 38.0 Å². The SMILES string of the molecule is CC(NCCCCN(C)C(C)C)c1ccco1. The van der Waals surface area contributed by atoms with Gasteiger partial charge >= 0.3 is 0 Å². The van der Waals surface area contributed by atoms with Gasteiger partial charge in [-0.1, -0.05) is 0 Å². The Balaban J connectivity index is 2.05. The van der Waals surface area contributed by atoms with Crippen molar-refractivity contribution in [2.24, 2.45) is 0 Å². The van der Waals surface area contributed by atoms with Crippen molar-refractivity contribution in [2.75, 3.05) is 20.1 Å². The largest absolute Gasteiger partial charge is 0.468 e. The van der Waals surface area contributed by atoms with Crippen LogP contribution in [0.3, 0.4) is 0 Å².